The van der Waals surface area contributed by atoms with Gasteiger partial charge >= 0.3 is 5.97 Å². The van der Waals surface area contributed by atoms with E-state index in [9.17, 15) is 13.6 Å². The van der Waals surface area contributed by atoms with Crippen molar-refractivity contribution in [1.82, 2.24) is 4.90 Å². The Morgan fingerprint density at radius 1 is 1.46 bits per heavy atom. The van der Waals surface area contributed by atoms with E-state index in [-0.39, 0.29) is 19.5 Å². The molecule has 0 spiro atoms. The Bertz CT molecular complexity index is 257. The van der Waals surface area contributed by atoms with E-state index in [4.69, 9.17) is 0 Å². The van der Waals surface area contributed by atoms with Crippen LogP contribution in [0.4, 0.5) is 8.78 Å². The molecular formula is C8H11F2NO2. The Morgan fingerprint density at radius 3 is 2.54 bits per heavy atom. The normalized spacial score (nSPS) is 40.7. The van der Waals surface area contributed by atoms with E-state index < -0.39 is 17.3 Å². The predicted octanol–water partition coefficient (Wildman–Crippen LogP) is 0.500. The third kappa shape index (κ3) is 0.935. The van der Waals surface area contributed by atoms with Gasteiger partial charge in [0.05, 0.1) is 13.7 Å². The summed E-state index contributed by atoms with van der Waals surface area (Å²) in [5.41, 5.74) is -1.55. The monoisotopic (exact) mass is 191 g/mol. The number of carbonyl (C=O) groups excluding carboxylic acids is 1. The molecule has 0 aliphatic carbocycles. The number of halogens is 2. The molecule has 74 valence electrons. The summed E-state index contributed by atoms with van der Waals surface area (Å²) >= 11 is 0. The van der Waals surface area contributed by atoms with Gasteiger partial charge in [0, 0.05) is 6.54 Å². The number of piperidine rings is 1. The minimum Gasteiger partial charge on any atom is -0.468 e. The fraction of sp³-hybridized carbons (Fsp3) is 0.875. The Morgan fingerprint density at radius 2 is 2.15 bits per heavy atom. The van der Waals surface area contributed by atoms with Crippen molar-refractivity contribution in [2.45, 2.75) is 12.3 Å². The molecule has 2 aliphatic heterocycles. The molecule has 2 atom stereocenters. The van der Waals surface area contributed by atoms with Gasteiger partial charge in [-0.3, -0.25) is 9.69 Å². The average Bonchev–Trinajstić information content (AvgIpc) is 2.57. The SMILES string of the molecule is COC(=O)C12CCN(CC1(F)F)C2. The van der Waals surface area contributed by atoms with Gasteiger partial charge in [0.1, 0.15) is 5.41 Å². The summed E-state index contributed by atoms with van der Waals surface area (Å²) in [6, 6.07) is 0. The number of alkyl halides is 2. The fourth-order valence-electron chi connectivity index (χ4n) is 2.27. The molecule has 0 aromatic heterocycles. The molecule has 2 bridgehead atoms. The molecule has 0 N–H and O–H groups in total. The highest BCUT2D eigenvalue weighted by atomic mass is 19.3. The maximum absolute atomic E-state index is 13.4. The van der Waals surface area contributed by atoms with Crippen LogP contribution in [0.25, 0.3) is 0 Å². The van der Waals surface area contributed by atoms with Gasteiger partial charge in [-0.2, -0.15) is 0 Å². The first kappa shape index (κ1) is 8.87. The fourth-order valence-corrected chi connectivity index (χ4v) is 2.27. The number of nitrogens with zero attached hydrogens (tertiary/aromatic N) is 1. The lowest BCUT2D eigenvalue weighted by Gasteiger charge is -2.30. The maximum atomic E-state index is 13.4. The molecule has 2 rings (SSSR count). The van der Waals surface area contributed by atoms with Crippen molar-refractivity contribution in [2.75, 3.05) is 26.7 Å². The van der Waals surface area contributed by atoms with Gasteiger partial charge in [-0.1, -0.05) is 0 Å². The lowest BCUT2D eigenvalue weighted by Crippen LogP contribution is -2.48. The van der Waals surface area contributed by atoms with Crippen LogP contribution in [0.2, 0.25) is 0 Å². The summed E-state index contributed by atoms with van der Waals surface area (Å²) in [7, 11) is 1.16. The zero-order chi connectivity index (χ0) is 9.69. The van der Waals surface area contributed by atoms with Crippen molar-refractivity contribution in [3.05, 3.63) is 0 Å². The number of fused-ring (bicyclic) bond motifs is 2. The molecule has 2 aliphatic rings. The highest BCUT2D eigenvalue weighted by Gasteiger charge is 2.68. The quantitative estimate of drug-likeness (QED) is 0.565. The van der Waals surface area contributed by atoms with Crippen molar-refractivity contribution in [3.8, 4) is 0 Å². The van der Waals surface area contributed by atoms with Crippen LogP contribution >= 0.6 is 0 Å². The van der Waals surface area contributed by atoms with Gasteiger partial charge < -0.3 is 4.74 Å². The molecule has 0 saturated carbocycles. The van der Waals surface area contributed by atoms with Crippen LogP contribution in [0.3, 0.4) is 0 Å². The lowest BCUT2D eigenvalue weighted by atomic mass is 9.81. The second-order valence-corrected chi connectivity index (χ2v) is 3.74. The van der Waals surface area contributed by atoms with E-state index in [2.05, 4.69) is 4.74 Å². The molecule has 2 fully saturated rings. The van der Waals surface area contributed by atoms with Gasteiger partial charge in [0.15, 0.2) is 0 Å². The van der Waals surface area contributed by atoms with Crippen molar-refractivity contribution in [3.63, 3.8) is 0 Å². The maximum Gasteiger partial charge on any atom is 0.319 e. The third-order valence-corrected chi connectivity index (χ3v) is 3.05. The third-order valence-electron chi connectivity index (χ3n) is 3.05. The minimum absolute atomic E-state index is 0.146. The first-order valence-electron chi connectivity index (χ1n) is 4.20. The van der Waals surface area contributed by atoms with E-state index in [1.54, 1.807) is 4.90 Å². The van der Waals surface area contributed by atoms with E-state index in [0.717, 1.165) is 7.11 Å². The predicted molar refractivity (Wildman–Crippen MR) is 40.5 cm³/mol. The highest BCUT2D eigenvalue weighted by molar-refractivity contribution is 5.79. The first-order chi connectivity index (χ1) is 6.02. The first-order valence-corrected chi connectivity index (χ1v) is 4.20. The van der Waals surface area contributed by atoms with Gasteiger partial charge in [-0.05, 0) is 13.0 Å². The van der Waals surface area contributed by atoms with Crippen LogP contribution in [-0.2, 0) is 9.53 Å². The summed E-state index contributed by atoms with van der Waals surface area (Å²) in [6.07, 6.45) is 0.215. The van der Waals surface area contributed by atoms with Gasteiger partial charge in [-0.25, -0.2) is 8.78 Å². The van der Waals surface area contributed by atoms with Crippen LogP contribution in [0, 0.1) is 5.41 Å². The second kappa shape index (κ2) is 2.41. The molecule has 2 unspecified atom stereocenters. The van der Waals surface area contributed by atoms with Crippen LogP contribution in [-0.4, -0.2) is 43.5 Å². The molecule has 0 aromatic carbocycles. The highest BCUT2D eigenvalue weighted by Crippen LogP contribution is 2.51. The largest absolute Gasteiger partial charge is 0.468 e. The van der Waals surface area contributed by atoms with Crippen LogP contribution in [0.5, 0.6) is 0 Å². The number of hydrogen-bond donors (Lipinski definition) is 0. The van der Waals surface area contributed by atoms with Crippen LogP contribution < -0.4 is 0 Å². The molecule has 0 radical (unpaired) electrons. The summed E-state index contributed by atoms with van der Waals surface area (Å²) in [6.45, 7) is 0.416. The van der Waals surface area contributed by atoms with Crippen molar-refractivity contribution >= 4 is 5.97 Å². The summed E-state index contributed by atoms with van der Waals surface area (Å²) in [5, 5.41) is 0. The van der Waals surface area contributed by atoms with Crippen LogP contribution in [0.15, 0.2) is 0 Å². The average molecular weight is 191 g/mol. The molecule has 5 heteroatoms. The van der Waals surface area contributed by atoms with E-state index in [1.165, 1.54) is 0 Å². The van der Waals surface area contributed by atoms with Gasteiger partial charge in [0.25, 0.3) is 5.92 Å². The Balaban J connectivity index is 2.34. The van der Waals surface area contributed by atoms with E-state index >= 15 is 0 Å². The van der Waals surface area contributed by atoms with Crippen molar-refractivity contribution < 1.29 is 18.3 Å². The van der Waals surface area contributed by atoms with Crippen molar-refractivity contribution in [2.24, 2.45) is 5.41 Å². The molecule has 2 saturated heterocycles. The molecule has 0 amide bonds. The smallest absolute Gasteiger partial charge is 0.319 e. The lowest BCUT2D eigenvalue weighted by molar-refractivity contribution is -0.173. The summed E-state index contributed by atoms with van der Waals surface area (Å²) in [5.74, 6) is -3.68. The molecule has 3 nitrogen and oxygen atoms in total. The molecule has 2 heterocycles. The number of ether oxygens (including phenoxy) is 1. The number of carbonyl (C=O) groups is 1. The van der Waals surface area contributed by atoms with Gasteiger partial charge in [0.2, 0.25) is 0 Å². The zero-order valence-electron chi connectivity index (χ0n) is 7.35. The second-order valence-electron chi connectivity index (χ2n) is 3.74. The minimum atomic E-state index is -2.92. The number of hydrogen-bond acceptors (Lipinski definition) is 3. The Labute approximate surface area is 74.6 Å². The summed E-state index contributed by atoms with van der Waals surface area (Å²) in [4.78, 5) is 12.9. The summed E-state index contributed by atoms with van der Waals surface area (Å²) < 4.78 is 31.2. The van der Waals surface area contributed by atoms with Gasteiger partial charge in [-0.15, -0.1) is 0 Å². The Hall–Kier alpha value is -0.710. The van der Waals surface area contributed by atoms with E-state index in [1.807, 2.05) is 0 Å². The molecule has 13 heavy (non-hydrogen) atoms. The standard InChI is InChI=1S/C8H11F2NO2/c1-13-6(12)7-2-3-11(4-7)5-8(7,9)10/h2-5H2,1H3. The number of esters is 1. The van der Waals surface area contributed by atoms with Crippen molar-refractivity contribution in [1.29, 1.82) is 0 Å². The Kier molecular flexibility index (Phi) is 1.64. The van der Waals surface area contributed by atoms with E-state index in [0.29, 0.717) is 6.54 Å². The van der Waals surface area contributed by atoms with Crippen LogP contribution in [0.1, 0.15) is 6.42 Å². The number of methoxy groups -OCH3 is 1. The topological polar surface area (TPSA) is 29.5 Å². The zero-order valence-corrected chi connectivity index (χ0v) is 7.35. The molecule has 0 aromatic rings. The number of rotatable bonds is 1. The molecular weight excluding hydrogens is 180 g/mol.